The third-order valence-electron chi connectivity index (χ3n) is 6.24. The molecule has 0 saturated heterocycles. The summed E-state index contributed by atoms with van der Waals surface area (Å²) in [5.41, 5.74) is 1.02. The van der Waals surface area contributed by atoms with E-state index in [2.05, 4.69) is 37.3 Å². The molecule has 0 amide bonds. The maximum Gasteiger partial charge on any atom is 0.422 e. The lowest BCUT2D eigenvalue weighted by Gasteiger charge is -2.19. The minimum absolute atomic E-state index is 0.0780. The minimum atomic E-state index is -5.08. The Hall–Kier alpha value is -3.21. The van der Waals surface area contributed by atoms with Crippen LogP contribution in [0.25, 0.3) is 21.9 Å². The van der Waals surface area contributed by atoms with Crippen molar-refractivity contribution in [3.63, 3.8) is 0 Å². The van der Waals surface area contributed by atoms with Gasteiger partial charge in [0.1, 0.15) is 17.2 Å². The van der Waals surface area contributed by atoms with E-state index in [9.17, 15) is 22.0 Å². The first-order valence-corrected chi connectivity index (χ1v) is 11.4. The monoisotopic (exact) mass is 468 g/mol. The molecule has 4 aromatic rings. The second-order valence-electron chi connectivity index (χ2n) is 8.66. The van der Waals surface area contributed by atoms with Gasteiger partial charge in [0.25, 0.3) is 0 Å². The SMILES string of the molecule is CCCCC(Cc1ccc2ccccc2c1)c1ccc(-c2cc(F)c(C(F)(F)F)c(F)c2)cc1. The van der Waals surface area contributed by atoms with Crippen molar-refractivity contribution in [1.82, 2.24) is 0 Å². The average Bonchev–Trinajstić information content (AvgIpc) is 2.80. The number of fused-ring (bicyclic) bond motifs is 1. The normalized spacial score (nSPS) is 12.8. The maximum atomic E-state index is 14.0. The van der Waals surface area contributed by atoms with Crippen LogP contribution in [0.5, 0.6) is 0 Å². The smallest absolute Gasteiger partial charge is 0.206 e. The molecular formula is C29H25F5. The van der Waals surface area contributed by atoms with Gasteiger partial charge in [0, 0.05) is 0 Å². The zero-order valence-electron chi connectivity index (χ0n) is 18.8. The van der Waals surface area contributed by atoms with Crippen LogP contribution in [0.15, 0.2) is 78.9 Å². The van der Waals surface area contributed by atoms with Gasteiger partial charge in [-0.2, -0.15) is 13.2 Å². The number of halogens is 5. The Morgan fingerprint density at radius 2 is 1.38 bits per heavy atom. The lowest BCUT2D eigenvalue weighted by molar-refractivity contribution is -0.142. The first-order valence-electron chi connectivity index (χ1n) is 11.4. The molecule has 0 radical (unpaired) electrons. The summed E-state index contributed by atoms with van der Waals surface area (Å²) in [5.74, 6) is -2.95. The number of hydrogen-bond acceptors (Lipinski definition) is 0. The average molecular weight is 469 g/mol. The Labute approximate surface area is 196 Å². The van der Waals surface area contributed by atoms with Gasteiger partial charge in [-0.1, -0.05) is 86.5 Å². The van der Waals surface area contributed by atoms with Gasteiger partial charge in [-0.25, -0.2) is 8.78 Å². The highest BCUT2D eigenvalue weighted by Gasteiger charge is 2.38. The molecular weight excluding hydrogens is 443 g/mol. The first kappa shape index (κ1) is 23.9. The number of unbranched alkanes of at least 4 members (excludes halogenated alkanes) is 1. The Bertz CT molecular complexity index is 1250. The molecule has 0 heterocycles. The Balaban J connectivity index is 1.60. The van der Waals surface area contributed by atoms with E-state index in [1.807, 2.05) is 24.3 Å². The topological polar surface area (TPSA) is 0 Å². The van der Waals surface area contributed by atoms with Crippen LogP contribution in [0.1, 0.15) is 48.8 Å². The van der Waals surface area contributed by atoms with Crippen molar-refractivity contribution in [2.45, 2.75) is 44.7 Å². The molecule has 0 aromatic heterocycles. The van der Waals surface area contributed by atoms with Crippen molar-refractivity contribution in [2.24, 2.45) is 0 Å². The quantitative estimate of drug-likeness (QED) is 0.237. The number of alkyl halides is 3. The van der Waals surface area contributed by atoms with Gasteiger partial charge in [0.05, 0.1) is 0 Å². The molecule has 176 valence electrons. The van der Waals surface area contributed by atoms with E-state index >= 15 is 0 Å². The molecule has 0 aliphatic rings. The summed E-state index contributed by atoms with van der Waals surface area (Å²) in [6.07, 6.45) is -1.10. The third-order valence-corrected chi connectivity index (χ3v) is 6.24. The van der Waals surface area contributed by atoms with Crippen molar-refractivity contribution >= 4 is 10.8 Å². The summed E-state index contributed by atoms with van der Waals surface area (Å²) in [6, 6.07) is 23.4. The molecule has 1 atom stereocenters. The first-order chi connectivity index (χ1) is 16.3. The van der Waals surface area contributed by atoms with E-state index in [1.165, 1.54) is 16.3 Å². The fourth-order valence-corrected chi connectivity index (χ4v) is 4.45. The summed E-state index contributed by atoms with van der Waals surface area (Å²) >= 11 is 0. The van der Waals surface area contributed by atoms with Gasteiger partial charge in [0.15, 0.2) is 0 Å². The van der Waals surface area contributed by atoms with Crippen LogP contribution in [-0.2, 0) is 12.6 Å². The summed E-state index contributed by atoms with van der Waals surface area (Å²) in [6.45, 7) is 2.14. The molecule has 1 unspecified atom stereocenters. The predicted molar refractivity (Wildman–Crippen MR) is 127 cm³/mol. The third kappa shape index (κ3) is 5.30. The van der Waals surface area contributed by atoms with Crippen molar-refractivity contribution in [3.05, 3.63) is 107 Å². The van der Waals surface area contributed by atoms with Crippen molar-refractivity contribution < 1.29 is 22.0 Å². The lowest BCUT2D eigenvalue weighted by Crippen LogP contribution is -2.11. The van der Waals surface area contributed by atoms with Gasteiger partial charge in [-0.3, -0.25) is 0 Å². The predicted octanol–water partition coefficient (Wildman–Crippen LogP) is 9.32. The molecule has 4 aromatic carbocycles. The molecule has 0 bridgehead atoms. The highest BCUT2D eigenvalue weighted by molar-refractivity contribution is 5.83. The van der Waals surface area contributed by atoms with Gasteiger partial charge in [-0.05, 0) is 63.9 Å². The van der Waals surface area contributed by atoms with E-state index in [0.29, 0.717) is 5.56 Å². The Kier molecular flexibility index (Phi) is 7.01. The second-order valence-corrected chi connectivity index (χ2v) is 8.66. The van der Waals surface area contributed by atoms with Crippen LogP contribution in [0.4, 0.5) is 22.0 Å². The summed E-state index contributed by atoms with van der Waals surface area (Å²) < 4.78 is 66.7. The summed E-state index contributed by atoms with van der Waals surface area (Å²) in [7, 11) is 0. The minimum Gasteiger partial charge on any atom is -0.206 e. The van der Waals surface area contributed by atoms with Crippen LogP contribution >= 0.6 is 0 Å². The molecule has 0 aliphatic heterocycles. The van der Waals surface area contributed by atoms with E-state index in [4.69, 9.17) is 0 Å². The van der Waals surface area contributed by atoms with Crippen molar-refractivity contribution in [2.75, 3.05) is 0 Å². The van der Waals surface area contributed by atoms with Crippen LogP contribution in [0, 0.1) is 11.6 Å². The Morgan fingerprint density at radius 1 is 0.735 bits per heavy atom. The number of rotatable bonds is 7. The molecule has 0 N–H and O–H groups in total. The fourth-order valence-electron chi connectivity index (χ4n) is 4.45. The molecule has 0 saturated carbocycles. The highest BCUT2D eigenvalue weighted by Crippen LogP contribution is 2.36. The maximum absolute atomic E-state index is 14.0. The molecule has 0 fully saturated rings. The summed E-state index contributed by atoms with van der Waals surface area (Å²) in [4.78, 5) is 0. The van der Waals surface area contributed by atoms with Gasteiger partial charge >= 0.3 is 6.18 Å². The molecule has 0 nitrogen and oxygen atoms in total. The van der Waals surface area contributed by atoms with E-state index < -0.39 is 23.4 Å². The van der Waals surface area contributed by atoms with E-state index in [1.54, 1.807) is 12.1 Å². The van der Waals surface area contributed by atoms with Crippen LogP contribution in [-0.4, -0.2) is 0 Å². The number of hydrogen-bond donors (Lipinski definition) is 0. The van der Waals surface area contributed by atoms with Gasteiger partial charge < -0.3 is 0 Å². The largest absolute Gasteiger partial charge is 0.422 e. The van der Waals surface area contributed by atoms with Gasteiger partial charge in [-0.15, -0.1) is 0 Å². The van der Waals surface area contributed by atoms with Crippen LogP contribution in [0.2, 0.25) is 0 Å². The second kappa shape index (κ2) is 9.96. The zero-order chi connectivity index (χ0) is 24.3. The molecule has 5 heteroatoms. The molecule has 4 rings (SSSR count). The standard InChI is InChI=1S/C29H25F5/c1-2-3-6-23(15-19-9-10-20-7-4-5-8-24(20)16-19)21-11-13-22(14-12-21)25-17-26(30)28(27(31)18-25)29(32,33)34/h4-5,7-14,16-18,23H,2-3,6,15H2,1H3. The fraction of sp³-hybridized carbons (Fsp3) is 0.241. The van der Waals surface area contributed by atoms with E-state index in [-0.39, 0.29) is 11.5 Å². The Morgan fingerprint density at radius 3 is 2.00 bits per heavy atom. The molecule has 34 heavy (non-hydrogen) atoms. The van der Waals surface area contributed by atoms with Crippen LogP contribution < -0.4 is 0 Å². The number of benzene rings is 4. The van der Waals surface area contributed by atoms with Crippen LogP contribution in [0.3, 0.4) is 0 Å². The lowest BCUT2D eigenvalue weighted by atomic mass is 9.86. The zero-order valence-corrected chi connectivity index (χ0v) is 18.8. The molecule has 0 aliphatic carbocycles. The molecule has 0 spiro atoms. The van der Waals surface area contributed by atoms with Crippen molar-refractivity contribution in [1.29, 1.82) is 0 Å². The highest BCUT2D eigenvalue weighted by atomic mass is 19.4. The van der Waals surface area contributed by atoms with E-state index in [0.717, 1.165) is 43.4 Å². The summed E-state index contributed by atoms with van der Waals surface area (Å²) in [5, 5.41) is 2.38. The van der Waals surface area contributed by atoms with Crippen molar-refractivity contribution in [3.8, 4) is 11.1 Å². The van der Waals surface area contributed by atoms with Gasteiger partial charge in [0.2, 0.25) is 0 Å².